The zero-order valence-electron chi connectivity index (χ0n) is 17.3. The molecule has 0 bridgehead atoms. The molecule has 0 amide bonds. The number of hydrogen-bond donors (Lipinski definition) is 1. The smallest absolute Gasteiger partial charge is 0.184 e. The summed E-state index contributed by atoms with van der Waals surface area (Å²) in [5.74, 6) is 1.63. The molecule has 2 aromatic carbocycles. The van der Waals surface area contributed by atoms with Gasteiger partial charge in [-0.1, -0.05) is 61.1 Å². The number of benzene rings is 2. The quantitative estimate of drug-likeness (QED) is 0.220. The third-order valence-corrected chi connectivity index (χ3v) is 5.90. The van der Waals surface area contributed by atoms with Gasteiger partial charge in [-0.05, 0) is 48.1 Å². The van der Waals surface area contributed by atoms with Crippen LogP contribution in [0.3, 0.4) is 0 Å². The molecule has 0 fully saturated rings. The SMILES string of the molecule is CSNCC(=O)COc1ccc(C(C)(C)c2cc(Cl)c(OCCCCl)c(Cl)c2)cc1. The van der Waals surface area contributed by atoms with Crippen LogP contribution in [0.15, 0.2) is 36.4 Å². The molecule has 2 rings (SSSR count). The predicted octanol–water partition coefficient (Wildman–Crippen LogP) is 6.14. The van der Waals surface area contributed by atoms with E-state index in [0.29, 0.717) is 34.0 Å². The van der Waals surface area contributed by atoms with Crippen LogP contribution in [0, 0.1) is 0 Å². The van der Waals surface area contributed by atoms with Crippen LogP contribution in [-0.4, -0.2) is 37.7 Å². The lowest BCUT2D eigenvalue weighted by atomic mass is 9.78. The molecule has 0 spiro atoms. The molecule has 0 unspecified atom stereocenters. The van der Waals surface area contributed by atoms with Crippen molar-refractivity contribution < 1.29 is 14.3 Å². The van der Waals surface area contributed by atoms with E-state index in [1.54, 1.807) is 0 Å². The summed E-state index contributed by atoms with van der Waals surface area (Å²) in [6.45, 7) is 4.96. The number of alkyl halides is 1. The fraction of sp³-hybridized carbons (Fsp3) is 0.409. The third-order valence-electron chi connectivity index (χ3n) is 4.63. The lowest BCUT2D eigenvalue weighted by Gasteiger charge is -2.27. The van der Waals surface area contributed by atoms with Crippen LogP contribution in [0.5, 0.6) is 11.5 Å². The Bertz CT molecular complexity index is 821. The van der Waals surface area contributed by atoms with Crippen LogP contribution in [0.1, 0.15) is 31.4 Å². The number of carbonyl (C=O) groups is 1. The van der Waals surface area contributed by atoms with Gasteiger partial charge in [0.2, 0.25) is 0 Å². The number of hydrogen-bond acceptors (Lipinski definition) is 5. The van der Waals surface area contributed by atoms with Crippen LogP contribution < -0.4 is 14.2 Å². The molecular weight excluding hydrogens is 465 g/mol. The third kappa shape index (κ3) is 6.96. The van der Waals surface area contributed by atoms with E-state index in [4.69, 9.17) is 44.3 Å². The standard InChI is InChI=1S/C22H26Cl3NO3S/c1-22(2,16-11-19(24)21(20(25)12-16)28-10-4-9-23)15-5-7-18(8-6-15)29-14-17(27)13-26-30-3/h5-8,11-12,26H,4,9-10,13-14H2,1-3H3. The Labute approximate surface area is 197 Å². The Morgan fingerprint density at radius 3 is 2.27 bits per heavy atom. The molecule has 30 heavy (non-hydrogen) atoms. The van der Waals surface area contributed by atoms with Gasteiger partial charge in [0, 0.05) is 11.3 Å². The molecule has 0 aliphatic heterocycles. The van der Waals surface area contributed by atoms with Crippen LogP contribution in [0.4, 0.5) is 0 Å². The zero-order valence-corrected chi connectivity index (χ0v) is 20.4. The summed E-state index contributed by atoms with van der Waals surface area (Å²) in [6.07, 6.45) is 2.59. The van der Waals surface area contributed by atoms with Crippen molar-refractivity contribution in [2.45, 2.75) is 25.7 Å². The molecule has 0 aliphatic rings. The first-order chi connectivity index (χ1) is 14.3. The molecule has 0 heterocycles. The van der Waals surface area contributed by atoms with Crippen LogP contribution in [-0.2, 0) is 10.2 Å². The Morgan fingerprint density at radius 1 is 1.07 bits per heavy atom. The van der Waals surface area contributed by atoms with E-state index in [0.717, 1.165) is 17.5 Å². The average Bonchev–Trinajstić information content (AvgIpc) is 2.72. The molecule has 1 N–H and O–H groups in total. The number of rotatable bonds is 12. The second-order valence-electron chi connectivity index (χ2n) is 7.16. The van der Waals surface area contributed by atoms with Gasteiger partial charge < -0.3 is 9.47 Å². The minimum absolute atomic E-state index is 0.00797. The van der Waals surface area contributed by atoms with Crippen molar-refractivity contribution in [1.29, 1.82) is 0 Å². The monoisotopic (exact) mass is 489 g/mol. The van der Waals surface area contributed by atoms with Crippen molar-refractivity contribution in [3.63, 3.8) is 0 Å². The van der Waals surface area contributed by atoms with Crippen molar-refractivity contribution in [3.8, 4) is 11.5 Å². The van der Waals surface area contributed by atoms with E-state index >= 15 is 0 Å². The largest absolute Gasteiger partial charge is 0.490 e. The molecule has 0 saturated heterocycles. The second-order valence-corrected chi connectivity index (χ2v) is 9.05. The molecule has 0 radical (unpaired) electrons. The summed E-state index contributed by atoms with van der Waals surface area (Å²) in [6, 6.07) is 11.4. The van der Waals surface area contributed by atoms with Crippen molar-refractivity contribution in [3.05, 3.63) is 57.6 Å². The Hall–Kier alpha value is -1.11. The molecule has 4 nitrogen and oxygen atoms in total. The van der Waals surface area contributed by atoms with E-state index in [1.165, 1.54) is 11.9 Å². The minimum atomic E-state index is -0.349. The summed E-state index contributed by atoms with van der Waals surface area (Å²) < 4.78 is 14.2. The highest BCUT2D eigenvalue weighted by Crippen LogP contribution is 2.40. The first-order valence-corrected chi connectivity index (χ1v) is 12.0. The normalized spacial score (nSPS) is 11.4. The van der Waals surface area contributed by atoms with Gasteiger partial charge in [-0.2, -0.15) is 0 Å². The number of nitrogens with one attached hydrogen (secondary N) is 1. The topological polar surface area (TPSA) is 47.6 Å². The number of Topliss-reactive ketones (excluding diaryl/α,β-unsaturated/α-hetero) is 1. The Balaban J connectivity index is 2.12. The molecule has 0 aliphatic carbocycles. The average molecular weight is 491 g/mol. The van der Waals surface area contributed by atoms with Crippen LogP contribution >= 0.6 is 46.8 Å². The van der Waals surface area contributed by atoms with Gasteiger partial charge in [0.15, 0.2) is 11.5 Å². The first-order valence-electron chi connectivity index (χ1n) is 9.48. The highest BCUT2D eigenvalue weighted by molar-refractivity contribution is 7.96. The first kappa shape index (κ1) is 25.2. The van der Waals surface area contributed by atoms with E-state index in [-0.39, 0.29) is 24.3 Å². The van der Waals surface area contributed by atoms with Gasteiger partial charge in [0.1, 0.15) is 12.4 Å². The van der Waals surface area contributed by atoms with Gasteiger partial charge in [-0.15, -0.1) is 11.6 Å². The Kier molecular flexibility index (Phi) is 10.1. The van der Waals surface area contributed by atoms with E-state index in [9.17, 15) is 4.79 Å². The summed E-state index contributed by atoms with van der Waals surface area (Å²) in [7, 11) is 0. The highest BCUT2D eigenvalue weighted by atomic mass is 35.5. The second kappa shape index (κ2) is 12.1. The Morgan fingerprint density at radius 2 is 1.70 bits per heavy atom. The van der Waals surface area contributed by atoms with Gasteiger partial charge in [-0.25, -0.2) is 0 Å². The fourth-order valence-electron chi connectivity index (χ4n) is 2.79. The van der Waals surface area contributed by atoms with Crippen molar-refractivity contribution in [1.82, 2.24) is 4.72 Å². The number of carbonyl (C=O) groups excluding carboxylic acids is 1. The molecule has 0 atom stereocenters. The van der Waals surface area contributed by atoms with Gasteiger partial charge >= 0.3 is 0 Å². The summed E-state index contributed by atoms with van der Waals surface area (Å²) in [4.78, 5) is 11.7. The number of ether oxygens (including phenoxy) is 2. The summed E-state index contributed by atoms with van der Waals surface area (Å²) in [5.41, 5.74) is 1.68. The van der Waals surface area contributed by atoms with Gasteiger partial charge in [0.25, 0.3) is 0 Å². The van der Waals surface area contributed by atoms with Gasteiger partial charge in [-0.3, -0.25) is 9.52 Å². The maximum absolute atomic E-state index is 11.7. The maximum Gasteiger partial charge on any atom is 0.184 e. The molecule has 0 saturated carbocycles. The lowest BCUT2D eigenvalue weighted by molar-refractivity contribution is -0.119. The summed E-state index contributed by atoms with van der Waals surface area (Å²) >= 11 is 20.0. The van der Waals surface area contributed by atoms with E-state index in [2.05, 4.69) is 18.6 Å². The molecule has 2 aromatic rings. The maximum atomic E-state index is 11.7. The minimum Gasteiger partial charge on any atom is -0.490 e. The number of ketones is 1. The zero-order chi connectivity index (χ0) is 22.1. The molecular formula is C22H26Cl3NO3S. The molecule has 8 heteroatoms. The predicted molar refractivity (Wildman–Crippen MR) is 128 cm³/mol. The van der Waals surface area contributed by atoms with Crippen LogP contribution in [0.2, 0.25) is 10.0 Å². The van der Waals surface area contributed by atoms with Gasteiger partial charge in [0.05, 0.1) is 23.2 Å². The van der Waals surface area contributed by atoms with E-state index in [1.807, 2.05) is 42.7 Å². The highest BCUT2D eigenvalue weighted by Gasteiger charge is 2.25. The molecule has 164 valence electrons. The fourth-order valence-corrected chi connectivity index (χ4v) is 3.80. The number of halogens is 3. The van der Waals surface area contributed by atoms with Crippen LogP contribution in [0.25, 0.3) is 0 Å². The van der Waals surface area contributed by atoms with Crippen molar-refractivity contribution in [2.24, 2.45) is 0 Å². The van der Waals surface area contributed by atoms with E-state index < -0.39 is 0 Å². The lowest BCUT2D eigenvalue weighted by Crippen LogP contribution is -2.22. The van der Waals surface area contributed by atoms with Crippen molar-refractivity contribution in [2.75, 3.05) is 31.9 Å². The molecule has 0 aromatic heterocycles. The summed E-state index contributed by atoms with van der Waals surface area (Å²) in [5, 5.41) is 0.940. The van der Waals surface area contributed by atoms with Crippen molar-refractivity contribution >= 4 is 52.5 Å².